The minimum Gasteiger partial charge on any atom is -0.497 e. The molecule has 2 amide bonds. The maximum absolute atomic E-state index is 13.6. The fourth-order valence-electron chi connectivity index (χ4n) is 3.88. The number of nitriles is 1. The van der Waals surface area contributed by atoms with Crippen molar-refractivity contribution in [2.24, 2.45) is 0 Å². The highest BCUT2D eigenvalue weighted by Crippen LogP contribution is 2.42. The van der Waals surface area contributed by atoms with Crippen LogP contribution in [0.4, 0.5) is 5.69 Å². The van der Waals surface area contributed by atoms with Crippen LogP contribution in [0.25, 0.3) is 0 Å². The minimum absolute atomic E-state index is 0.106. The molecule has 1 heterocycles. The van der Waals surface area contributed by atoms with E-state index in [2.05, 4.69) is 5.32 Å². The molecule has 1 saturated heterocycles. The smallest absolute Gasteiger partial charge is 0.265 e. The van der Waals surface area contributed by atoms with Crippen molar-refractivity contribution in [3.05, 3.63) is 106 Å². The van der Waals surface area contributed by atoms with E-state index in [0.29, 0.717) is 27.9 Å². The Morgan fingerprint density at radius 2 is 1.78 bits per heavy atom. The number of halogens is 1. The number of carbonyl (C=O) groups excluding carboxylic acids is 2. The van der Waals surface area contributed by atoms with E-state index in [0.717, 1.165) is 11.1 Å². The first-order chi connectivity index (χ1) is 17.4. The van der Waals surface area contributed by atoms with E-state index in [1.165, 1.54) is 16.7 Å². The van der Waals surface area contributed by atoms with Crippen molar-refractivity contribution in [1.29, 1.82) is 5.26 Å². The lowest BCUT2D eigenvalue weighted by molar-refractivity contribution is -0.117. The van der Waals surface area contributed by atoms with Crippen molar-refractivity contribution < 1.29 is 14.3 Å². The number of anilines is 1. The standard InChI is InChI=1S/C28H24ClN3O3S/c1-18(20-6-4-3-5-7-20)31-26(33)24(17-30)28-32(22-12-14-23(35-2)15-13-22)27(34)25(36-28)16-19-8-10-21(29)11-9-19/h3-15,18,25H,16H2,1-2H3,(H,31,33)/b28-24-. The van der Waals surface area contributed by atoms with Gasteiger partial charge in [0.2, 0.25) is 5.91 Å². The van der Waals surface area contributed by atoms with E-state index in [9.17, 15) is 14.9 Å². The molecule has 2 atom stereocenters. The molecule has 0 saturated carbocycles. The van der Waals surface area contributed by atoms with Crippen LogP contribution in [0.3, 0.4) is 0 Å². The molecular weight excluding hydrogens is 494 g/mol. The summed E-state index contributed by atoms with van der Waals surface area (Å²) in [5.74, 6) is -0.0992. The maximum atomic E-state index is 13.6. The van der Waals surface area contributed by atoms with Gasteiger partial charge in [0, 0.05) is 10.7 Å². The van der Waals surface area contributed by atoms with Crippen LogP contribution in [-0.2, 0) is 16.0 Å². The van der Waals surface area contributed by atoms with Crippen LogP contribution in [-0.4, -0.2) is 24.2 Å². The van der Waals surface area contributed by atoms with Crippen molar-refractivity contribution in [3.63, 3.8) is 0 Å². The molecule has 3 aromatic carbocycles. The molecule has 0 bridgehead atoms. The fourth-order valence-corrected chi connectivity index (χ4v) is 5.32. The zero-order valence-corrected chi connectivity index (χ0v) is 21.3. The summed E-state index contributed by atoms with van der Waals surface area (Å²) in [6.45, 7) is 1.85. The summed E-state index contributed by atoms with van der Waals surface area (Å²) in [6, 6.07) is 25.5. The number of carbonyl (C=O) groups is 2. The predicted octanol–water partition coefficient (Wildman–Crippen LogP) is 5.65. The Bertz CT molecular complexity index is 1320. The number of nitrogens with one attached hydrogen (secondary N) is 1. The number of hydrogen-bond donors (Lipinski definition) is 1. The van der Waals surface area contributed by atoms with E-state index in [-0.39, 0.29) is 17.5 Å². The molecule has 36 heavy (non-hydrogen) atoms. The van der Waals surface area contributed by atoms with Crippen LogP contribution in [0.2, 0.25) is 5.02 Å². The third kappa shape index (κ3) is 5.56. The van der Waals surface area contributed by atoms with Gasteiger partial charge in [0.15, 0.2) is 0 Å². The topological polar surface area (TPSA) is 82.4 Å². The third-order valence-electron chi connectivity index (χ3n) is 5.82. The van der Waals surface area contributed by atoms with Crippen molar-refractivity contribution in [1.82, 2.24) is 5.32 Å². The highest BCUT2D eigenvalue weighted by Gasteiger charge is 2.41. The molecule has 1 fully saturated rings. The Morgan fingerprint density at radius 1 is 1.11 bits per heavy atom. The molecule has 3 aromatic rings. The number of amides is 2. The van der Waals surface area contributed by atoms with Gasteiger partial charge in [0.05, 0.1) is 18.4 Å². The van der Waals surface area contributed by atoms with Crippen molar-refractivity contribution in [2.75, 3.05) is 12.0 Å². The molecular formula is C28H24ClN3O3S. The Morgan fingerprint density at radius 3 is 2.39 bits per heavy atom. The van der Waals surface area contributed by atoms with Crippen LogP contribution in [0, 0.1) is 11.3 Å². The number of benzene rings is 3. The number of nitrogens with zero attached hydrogens (tertiary/aromatic N) is 2. The monoisotopic (exact) mass is 517 g/mol. The molecule has 6 nitrogen and oxygen atoms in total. The van der Waals surface area contributed by atoms with Crippen LogP contribution in [0.5, 0.6) is 5.75 Å². The zero-order chi connectivity index (χ0) is 25.7. The molecule has 4 rings (SSSR count). The fraction of sp³-hybridized carbons (Fsp3) is 0.179. The largest absolute Gasteiger partial charge is 0.497 e. The molecule has 0 radical (unpaired) electrons. The van der Waals surface area contributed by atoms with Crippen LogP contribution in [0.1, 0.15) is 24.1 Å². The van der Waals surface area contributed by atoms with Gasteiger partial charge in [-0.3, -0.25) is 14.5 Å². The lowest BCUT2D eigenvalue weighted by Crippen LogP contribution is -2.32. The molecule has 1 N–H and O–H groups in total. The van der Waals surface area contributed by atoms with Crippen molar-refractivity contribution >= 4 is 40.9 Å². The van der Waals surface area contributed by atoms with Gasteiger partial charge in [-0.05, 0) is 60.9 Å². The quantitative estimate of drug-likeness (QED) is 0.323. The Labute approximate surface area is 219 Å². The second-order valence-electron chi connectivity index (χ2n) is 8.21. The van der Waals surface area contributed by atoms with E-state index < -0.39 is 11.2 Å². The first kappa shape index (κ1) is 25.4. The molecule has 8 heteroatoms. The van der Waals surface area contributed by atoms with E-state index >= 15 is 0 Å². The SMILES string of the molecule is COc1ccc(N2C(=O)C(Cc3ccc(Cl)cc3)S/C2=C(/C#N)C(=O)NC(C)c2ccccc2)cc1. The minimum atomic E-state index is -0.533. The van der Waals surface area contributed by atoms with Crippen LogP contribution < -0.4 is 15.0 Å². The lowest BCUT2D eigenvalue weighted by atomic mass is 10.1. The van der Waals surface area contributed by atoms with E-state index in [1.807, 2.05) is 55.5 Å². The van der Waals surface area contributed by atoms with Gasteiger partial charge in [-0.1, -0.05) is 65.8 Å². The predicted molar refractivity (Wildman–Crippen MR) is 143 cm³/mol. The Kier molecular flexibility index (Phi) is 7.99. The second-order valence-corrected chi connectivity index (χ2v) is 9.83. The number of hydrogen-bond acceptors (Lipinski definition) is 5. The van der Waals surface area contributed by atoms with E-state index in [4.69, 9.17) is 16.3 Å². The second kappa shape index (κ2) is 11.3. The number of rotatable bonds is 7. The summed E-state index contributed by atoms with van der Waals surface area (Å²) in [5.41, 5.74) is 2.29. The number of methoxy groups -OCH3 is 1. The van der Waals surface area contributed by atoms with Crippen molar-refractivity contribution in [2.45, 2.75) is 24.6 Å². The first-order valence-electron chi connectivity index (χ1n) is 11.3. The molecule has 0 aromatic heterocycles. The summed E-state index contributed by atoms with van der Waals surface area (Å²) in [6.07, 6.45) is 0.428. The average molecular weight is 518 g/mol. The normalized spacial score (nSPS) is 17.3. The van der Waals surface area contributed by atoms with Gasteiger partial charge < -0.3 is 10.1 Å². The van der Waals surface area contributed by atoms with Gasteiger partial charge in [-0.2, -0.15) is 5.26 Å². The lowest BCUT2D eigenvalue weighted by Gasteiger charge is -2.20. The summed E-state index contributed by atoms with van der Waals surface area (Å²) in [5, 5.41) is 13.3. The van der Waals surface area contributed by atoms with Gasteiger partial charge in [0.1, 0.15) is 22.4 Å². The Balaban J connectivity index is 1.69. The highest BCUT2D eigenvalue weighted by atomic mass is 35.5. The van der Waals surface area contributed by atoms with Gasteiger partial charge in [0.25, 0.3) is 5.91 Å². The molecule has 0 aliphatic carbocycles. The van der Waals surface area contributed by atoms with Gasteiger partial charge in [-0.15, -0.1) is 0 Å². The summed E-state index contributed by atoms with van der Waals surface area (Å²) in [4.78, 5) is 28.3. The van der Waals surface area contributed by atoms with Crippen LogP contribution in [0.15, 0.2) is 89.5 Å². The molecule has 182 valence electrons. The van der Waals surface area contributed by atoms with Crippen LogP contribution >= 0.6 is 23.4 Å². The highest BCUT2D eigenvalue weighted by molar-refractivity contribution is 8.05. The van der Waals surface area contributed by atoms with Crippen molar-refractivity contribution in [3.8, 4) is 11.8 Å². The van der Waals surface area contributed by atoms with E-state index in [1.54, 1.807) is 43.5 Å². The third-order valence-corrected chi connectivity index (χ3v) is 7.33. The number of ether oxygens (including phenoxy) is 1. The molecule has 1 aliphatic rings. The summed E-state index contributed by atoms with van der Waals surface area (Å²) in [7, 11) is 1.56. The maximum Gasteiger partial charge on any atom is 0.265 e. The average Bonchev–Trinajstić information content (AvgIpc) is 3.21. The summed E-state index contributed by atoms with van der Waals surface area (Å²) >= 11 is 7.23. The molecule has 2 unspecified atom stereocenters. The first-order valence-corrected chi connectivity index (χ1v) is 12.6. The van der Waals surface area contributed by atoms with Gasteiger partial charge in [-0.25, -0.2) is 0 Å². The number of thioether (sulfide) groups is 1. The molecule has 1 aliphatic heterocycles. The summed E-state index contributed by atoms with van der Waals surface area (Å²) < 4.78 is 5.24. The zero-order valence-electron chi connectivity index (χ0n) is 19.8. The molecule has 0 spiro atoms. The Hall–Kier alpha value is -3.73. The van der Waals surface area contributed by atoms with Gasteiger partial charge >= 0.3 is 0 Å².